The number of H-pyrrole nitrogens is 1. The molecule has 6 nitrogen and oxygen atoms in total. The molecule has 146 valence electrons. The van der Waals surface area contributed by atoms with Gasteiger partial charge in [-0.1, -0.05) is 13.8 Å². The number of thiophene rings is 1. The molecule has 0 aromatic carbocycles. The number of carbonyl (C=O) groups is 1. The van der Waals surface area contributed by atoms with Crippen LogP contribution in [0.2, 0.25) is 0 Å². The van der Waals surface area contributed by atoms with E-state index in [1.165, 1.54) is 16.2 Å². The number of hydrogen-bond donors (Lipinski definition) is 2. The maximum absolute atomic E-state index is 13.2. The van der Waals surface area contributed by atoms with Gasteiger partial charge in [-0.25, -0.2) is 0 Å². The second-order valence-electron chi connectivity index (χ2n) is 7.82. The second kappa shape index (κ2) is 7.72. The van der Waals surface area contributed by atoms with Gasteiger partial charge in [0, 0.05) is 41.3 Å². The lowest BCUT2D eigenvalue weighted by molar-refractivity contribution is -0.133. The Labute approximate surface area is 164 Å². The third-order valence-electron chi connectivity index (χ3n) is 6.50. The predicted molar refractivity (Wildman–Crippen MR) is 106 cm³/mol. The topological polar surface area (TPSA) is 73.9 Å². The Kier molecular flexibility index (Phi) is 5.32. The molecule has 2 N–H and O–H groups in total. The van der Waals surface area contributed by atoms with Crippen LogP contribution in [0, 0.1) is 5.41 Å². The Hall–Kier alpha value is -1.73. The molecule has 4 rings (SSSR count). The van der Waals surface area contributed by atoms with E-state index in [1.807, 2.05) is 11.3 Å². The maximum Gasteiger partial charge on any atom is 0.227 e. The van der Waals surface area contributed by atoms with Crippen LogP contribution in [-0.2, 0) is 24.2 Å². The molecule has 0 aliphatic carbocycles. The molecule has 4 heterocycles. The molecule has 2 aliphatic heterocycles. The standard InChI is InChI=1S/C20H29N5OS/c1-3-16-6-7-17(27-16)13-25-15-5-8-18(25)20(4-2,11-15)19(26)21-10-9-14-12-22-24-23-14/h6-7,12,15,18H,3-5,8-11,13H2,1-2H3,(H,21,26)(H,22,23,24)/t15-,18+,20+/m0/s1. The van der Waals surface area contributed by atoms with E-state index < -0.39 is 0 Å². The zero-order valence-electron chi connectivity index (χ0n) is 16.2. The van der Waals surface area contributed by atoms with Crippen LogP contribution >= 0.6 is 11.3 Å². The SMILES string of the molecule is CCc1ccc(CN2[C@H]3CC[C@@H]2[C@](CC)(C(=O)NCCc2cn[nH]n2)C3)s1. The first kappa shape index (κ1) is 18.6. The summed E-state index contributed by atoms with van der Waals surface area (Å²) in [5.74, 6) is 0.228. The number of hydrogen-bond acceptors (Lipinski definition) is 5. The van der Waals surface area contributed by atoms with Crippen molar-refractivity contribution in [3.05, 3.63) is 33.8 Å². The first-order valence-corrected chi connectivity index (χ1v) is 10.9. The highest BCUT2D eigenvalue weighted by molar-refractivity contribution is 7.11. The van der Waals surface area contributed by atoms with Crippen molar-refractivity contribution in [3.8, 4) is 0 Å². The van der Waals surface area contributed by atoms with E-state index in [9.17, 15) is 4.79 Å². The minimum absolute atomic E-state index is 0.228. The number of amides is 1. The van der Waals surface area contributed by atoms with Crippen LogP contribution < -0.4 is 5.32 Å². The molecule has 2 aromatic rings. The monoisotopic (exact) mass is 387 g/mol. The van der Waals surface area contributed by atoms with Gasteiger partial charge >= 0.3 is 0 Å². The van der Waals surface area contributed by atoms with Crippen molar-refractivity contribution in [3.63, 3.8) is 0 Å². The Morgan fingerprint density at radius 3 is 2.93 bits per heavy atom. The number of carbonyl (C=O) groups excluding carboxylic acids is 1. The van der Waals surface area contributed by atoms with Gasteiger partial charge in [-0.2, -0.15) is 15.4 Å². The lowest BCUT2D eigenvalue weighted by Gasteiger charge is -2.35. The Morgan fingerprint density at radius 1 is 1.37 bits per heavy atom. The predicted octanol–water partition coefficient (Wildman–Crippen LogP) is 2.92. The zero-order valence-corrected chi connectivity index (χ0v) is 17.0. The van der Waals surface area contributed by atoms with Crippen molar-refractivity contribution in [1.29, 1.82) is 0 Å². The maximum atomic E-state index is 13.2. The van der Waals surface area contributed by atoms with Gasteiger partial charge in [0.15, 0.2) is 0 Å². The molecule has 0 unspecified atom stereocenters. The van der Waals surface area contributed by atoms with Crippen LogP contribution in [0.1, 0.15) is 55.0 Å². The highest BCUT2D eigenvalue weighted by Crippen LogP contribution is 2.52. The zero-order chi connectivity index (χ0) is 18.9. The number of aromatic nitrogens is 3. The summed E-state index contributed by atoms with van der Waals surface area (Å²) >= 11 is 1.92. The van der Waals surface area contributed by atoms with Crippen molar-refractivity contribution in [2.24, 2.45) is 5.41 Å². The molecular formula is C20H29N5OS. The van der Waals surface area contributed by atoms with E-state index in [0.29, 0.717) is 18.6 Å². The summed E-state index contributed by atoms with van der Waals surface area (Å²) in [4.78, 5) is 18.7. The van der Waals surface area contributed by atoms with Gasteiger partial charge in [0.05, 0.1) is 17.3 Å². The minimum Gasteiger partial charge on any atom is -0.355 e. The van der Waals surface area contributed by atoms with Crippen LogP contribution in [-0.4, -0.2) is 44.8 Å². The molecule has 0 spiro atoms. The summed E-state index contributed by atoms with van der Waals surface area (Å²) in [5, 5.41) is 13.7. The molecule has 1 amide bonds. The van der Waals surface area contributed by atoms with E-state index >= 15 is 0 Å². The van der Waals surface area contributed by atoms with E-state index in [0.717, 1.165) is 44.3 Å². The average Bonchev–Trinajstić information content (AvgIpc) is 3.47. The van der Waals surface area contributed by atoms with E-state index in [2.05, 4.69) is 51.6 Å². The van der Waals surface area contributed by atoms with Gasteiger partial charge in [-0.3, -0.25) is 9.69 Å². The van der Waals surface area contributed by atoms with Gasteiger partial charge < -0.3 is 5.32 Å². The fraction of sp³-hybridized carbons (Fsp3) is 0.650. The van der Waals surface area contributed by atoms with Crippen molar-refractivity contribution in [2.75, 3.05) is 6.54 Å². The molecule has 2 fully saturated rings. The van der Waals surface area contributed by atoms with E-state index in [1.54, 1.807) is 6.20 Å². The number of nitrogens with zero attached hydrogens (tertiary/aromatic N) is 3. The van der Waals surface area contributed by atoms with Crippen LogP contribution in [0.25, 0.3) is 0 Å². The number of aryl methyl sites for hydroxylation is 1. The minimum atomic E-state index is -0.239. The lowest BCUT2D eigenvalue weighted by atomic mass is 9.71. The Morgan fingerprint density at radius 2 is 2.22 bits per heavy atom. The third-order valence-corrected chi connectivity index (χ3v) is 7.71. The first-order valence-electron chi connectivity index (χ1n) is 10.1. The molecule has 0 radical (unpaired) electrons. The highest BCUT2D eigenvalue weighted by Gasteiger charge is 2.58. The fourth-order valence-electron chi connectivity index (χ4n) is 5.03. The lowest BCUT2D eigenvalue weighted by Crippen LogP contribution is -2.49. The molecule has 0 saturated carbocycles. The molecule has 2 bridgehead atoms. The summed E-state index contributed by atoms with van der Waals surface area (Å²) in [6.07, 6.45) is 7.80. The molecule has 2 saturated heterocycles. The van der Waals surface area contributed by atoms with Gasteiger partial charge in [0.25, 0.3) is 0 Å². The average molecular weight is 388 g/mol. The number of aromatic amines is 1. The molecule has 3 atom stereocenters. The molecule has 2 aromatic heterocycles. The summed E-state index contributed by atoms with van der Waals surface area (Å²) in [6.45, 7) is 6.00. The molecule has 27 heavy (non-hydrogen) atoms. The first-order chi connectivity index (χ1) is 13.2. The van der Waals surface area contributed by atoms with Crippen LogP contribution in [0.15, 0.2) is 18.3 Å². The summed E-state index contributed by atoms with van der Waals surface area (Å²) in [5.41, 5.74) is 0.650. The molecular weight excluding hydrogens is 358 g/mol. The number of rotatable bonds is 8. The quantitative estimate of drug-likeness (QED) is 0.730. The Bertz CT molecular complexity index is 773. The summed E-state index contributed by atoms with van der Waals surface area (Å²) < 4.78 is 0. The normalized spacial score (nSPS) is 27.3. The largest absolute Gasteiger partial charge is 0.355 e. The smallest absolute Gasteiger partial charge is 0.227 e. The van der Waals surface area contributed by atoms with E-state index in [-0.39, 0.29) is 11.3 Å². The highest BCUT2D eigenvalue weighted by atomic mass is 32.1. The Balaban J connectivity index is 1.42. The van der Waals surface area contributed by atoms with Crippen LogP contribution in [0.5, 0.6) is 0 Å². The number of nitrogens with one attached hydrogen (secondary N) is 2. The van der Waals surface area contributed by atoms with Gasteiger partial charge in [-0.05, 0) is 44.2 Å². The van der Waals surface area contributed by atoms with Gasteiger partial charge in [0.1, 0.15) is 0 Å². The van der Waals surface area contributed by atoms with Crippen LogP contribution in [0.4, 0.5) is 0 Å². The second-order valence-corrected chi connectivity index (χ2v) is 9.07. The third kappa shape index (κ3) is 3.43. The van der Waals surface area contributed by atoms with Gasteiger partial charge in [0.2, 0.25) is 5.91 Å². The van der Waals surface area contributed by atoms with Crippen molar-refractivity contribution in [2.45, 2.75) is 71.0 Å². The number of fused-ring (bicyclic) bond motifs is 2. The summed E-state index contributed by atoms with van der Waals surface area (Å²) in [6, 6.07) is 5.43. The van der Waals surface area contributed by atoms with Crippen LogP contribution in [0.3, 0.4) is 0 Å². The van der Waals surface area contributed by atoms with Crippen molar-refractivity contribution >= 4 is 17.2 Å². The van der Waals surface area contributed by atoms with Crippen molar-refractivity contribution in [1.82, 2.24) is 25.6 Å². The molecule has 2 aliphatic rings. The van der Waals surface area contributed by atoms with E-state index in [4.69, 9.17) is 0 Å². The fourth-order valence-corrected chi connectivity index (χ4v) is 6.00. The van der Waals surface area contributed by atoms with Crippen molar-refractivity contribution < 1.29 is 4.79 Å². The summed E-state index contributed by atoms with van der Waals surface area (Å²) in [7, 11) is 0. The van der Waals surface area contributed by atoms with Gasteiger partial charge in [-0.15, -0.1) is 11.3 Å². The molecule has 7 heteroatoms.